The summed E-state index contributed by atoms with van der Waals surface area (Å²) in [6.07, 6.45) is 0. The predicted octanol–water partition coefficient (Wildman–Crippen LogP) is 4.22. The fourth-order valence-corrected chi connectivity index (χ4v) is 8.27. The van der Waals surface area contributed by atoms with E-state index in [1.807, 2.05) is 0 Å². The van der Waals surface area contributed by atoms with Gasteiger partial charge in [-0.15, -0.1) is 10.2 Å². The third-order valence-corrected chi connectivity index (χ3v) is 11.6. The molecule has 0 aliphatic carbocycles. The number of hydrogen-bond acceptors (Lipinski definition) is 14. The maximum absolute atomic E-state index is 13.3. The van der Waals surface area contributed by atoms with Crippen LogP contribution >= 0.6 is 0 Å². The molecule has 4 N–H and O–H groups in total. The van der Waals surface area contributed by atoms with E-state index < -0.39 is 64.5 Å². The van der Waals surface area contributed by atoms with Crippen LogP contribution in [0.4, 0.5) is 34.1 Å². The number of phenols is 2. The summed E-state index contributed by atoms with van der Waals surface area (Å²) in [6.45, 7) is 0. The average Bonchev–Trinajstić information content (AvgIpc) is 3.28. The molecule has 2 amide bonds. The molecule has 0 aliphatic heterocycles. The Hall–Kier alpha value is -6.16. The number of anilines is 2. The quantitative estimate of drug-likeness (QED) is 0.0815. The van der Waals surface area contributed by atoms with E-state index >= 15 is 0 Å². The van der Waals surface area contributed by atoms with Crippen molar-refractivity contribution in [3.8, 4) is 22.6 Å². The van der Waals surface area contributed by atoms with Gasteiger partial charge in [0.2, 0.25) is 0 Å². The summed E-state index contributed by atoms with van der Waals surface area (Å²) >= 11 is 0. The van der Waals surface area contributed by atoms with Gasteiger partial charge in [-0.05, 0) is 71.4 Å². The summed E-state index contributed by atoms with van der Waals surface area (Å²) < 4.78 is 76.4. The zero-order valence-corrected chi connectivity index (χ0v) is 40.4. The number of carbonyl (C=O) groups is 2. The number of fused-ring (bicyclic) bond motifs is 2. The standard InChI is InChI=1S/C46H32N6O10S2.2Na/c53-43-37(45(55)47-29-13-3-1-4-14-29)23-27-11-7-9-17-33(27)41(43)51-49-31-19-21-35(39(25-31)63(57,58)59)36-22-20-32(26-40(36)64(60,61)62)50-52-42-34-18-10-8-12-28(34)24-38(44(42)54)46(56)48-30-15-5-2-6-16-30;;/h1-26,53-54H,(H,47,55)(H,48,56)(H,57,58,59)(H,60,61,62);;/q;2*+1/p-2. The summed E-state index contributed by atoms with van der Waals surface area (Å²) in [5, 5.41) is 46.1. The number of phenolic OH excluding ortho intramolecular Hbond substituents is 2. The van der Waals surface area contributed by atoms with Crippen LogP contribution < -0.4 is 69.7 Å². The second kappa shape index (κ2) is 20.6. The molecule has 0 spiro atoms. The van der Waals surface area contributed by atoms with E-state index in [-0.39, 0.29) is 93.0 Å². The molecule has 8 aromatic rings. The normalized spacial score (nSPS) is 11.6. The number of carbonyl (C=O) groups excluding carboxylic acids is 2. The fraction of sp³-hybridized carbons (Fsp3) is 0. The molecule has 0 saturated heterocycles. The SMILES string of the molecule is O=C(Nc1ccccc1)c1cc2ccccc2c(N=Nc2ccc(-c3ccc(N=Nc4c(O)c(C(=O)Nc5ccccc5)cc5ccccc45)cc3S(=O)(=O)[O-])c(S(=O)(=O)[O-])c2)c1O.[Na+].[Na+]. The zero-order chi connectivity index (χ0) is 45.2. The third-order valence-electron chi connectivity index (χ3n) is 9.83. The molecule has 0 radical (unpaired) electrons. The number of nitrogens with zero attached hydrogens (tertiary/aromatic N) is 4. The number of amides is 2. The van der Waals surface area contributed by atoms with Crippen molar-refractivity contribution in [3.05, 3.63) is 169 Å². The van der Waals surface area contributed by atoms with Gasteiger partial charge in [-0.1, -0.05) is 97.1 Å². The zero-order valence-electron chi connectivity index (χ0n) is 34.8. The summed E-state index contributed by atoms with van der Waals surface area (Å²) in [5.41, 5.74) is -1.08. The first kappa shape index (κ1) is 49.3. The molecule has 8 aromatic carbocycles. The second-order valence-electron chi connectivity index (χ2n) is 14.0. The van der Waals surface area contributed by atoms with Crippen LogP contribution in [-0.4, -0.2) is 48.0 Å². The van der Waals surface area contributed by atoms with Gasteiger partial charge in [0.25, 0.3) is 11.8 Å². The third kappa shape index (κ3) is 10.8. The monoisotopic (exact) mass is 936 g/mol. The van der Waals surface area contributed by atoms with Crippen molar-refractivity contribution in [2.45, 2.75) is 9.79 Å². The molecular formula is C46H30N6Na2O10S2. The topological polar surface area (TPSA) is 262 Å². The summed E-state index contributed by atoms with van der Waals surface area (Å²) in [6, 6.07) is 39.4. The van der Waals surface area contributed by atoms with Crippen LogP contribution in [0, 0.1) is 0 Å². The Morgan fingerprint density at radius 2 is 0.803 bits per heavy atom. The van der Waals surface area contributed by atoms with E-state index in [0.717, 1.165) is 24.3 Å². The smallest absolute Gasteiger partial charge is 0.744 e. The molecule has 0 saturated carbocycles. The molecule has 0 heterocycles. The van der Waals surface area contributed by atoms with E-state index in [1.165, 1.54) is 24.3 Å². The van der Waals surface area contributed by atoms with Crippen LogP contribution in [0.25, 0.3) is 32.7 Å². The van der Waals surface area contributed by atoms with Crippen molar-refractivity contribution < 1.29 is 105 Å². The van der Waals surface area contributed by atoms with E-state index in [9.17, 15) is 45.7 Å². The Balaban J connectivity index is 0.00000360. The molecule has 66 heavy (non-hydrogen) atoms. The molecular weight excluding hydrogens is 907 g/mol. The molecule has 0 aliphatic rings. The van der Waals surface area contributed by atoms with Crippen LogP contribution in [0.2, 0.25) is 0 Å². The van der Waals surface area contributed by atoms with Gasteiger partial charge in [-0.25, -0.2) is 16.8 Å². The minimum Gasteiger partial charge on any atom is -0.744 e. The number of azo groups is 2. The number of aromatic hydroxyl groups is 2. The van der Waals surface area contributed by atoms with Crippen LogP contribution in [0.3, 0.4) is 0 Å². The van der Waals surface area contributed by atoms with Gasteiger partial charge in [0.15, 0.2) is 11.5 Å². The molecule has 0 unspecified atom stereocenters. The van der Waals surface area contributed by atoms with Gasteiger partial charge < -0.3 is 30.0 Å². The maximum atomic E-state index is 13.3. The Labute approximate surface area is 421 Å². The molecule has 0 aromatic heterocycles. The Morgan fingerprint density at radius 3 is 1.17 bits per heavy atom. The molecule has 0 atom stereocenters. The number of nitrogens with one attached hydrogen (secondary N) is 2. The minimum absolute atomic E-state index is 0. The Bertz CT molecular complexity index is 3240. The molecule has 20 heteroatoms. The van der Waals surface area contributed by atoms with Crippen molar-refractivity contribution in [1.29, 1.82) is 0 Å². The van der Waals surface area contributed by atoms with Gasteiger partial charge in [0.1, 0.15) is 31.6 Å². The maximum Gasteiger partial charge on any atom is 1.00 e. The summed E-state index contributed by atoms with van der Waals surface area (Å²) in [7, 11) is -10.8. The van der Waals surface area contributed by atoms with Gasteiger partial charge >= 0.3 is 59.1 Å². The number of para-hydroxylation sites is 2. The minimum atomic E-state index is -5.41. The fourth-order valence-electron chi connectivity index (χ4n) is 6.84. The van der Waals surface area contributed by atoms with E-state index in [2.05, 4.69) is 31.1 Å². The van der Waals surface area contributed by atoms with Crippen molar-refractivity contribution in [1.82, 2.24) is 0 Å². The number of benzene rings is 8. The van der Waals surface area contributed by atoms with Crippen molar-refractivity contribution in [3.63, 3.8) is 0 Å². The largest absolute Gasteiger partial charge is 1.00 e. The molecule has 16 nitrogen and oxygen atoms in total. The van der Waals surface area contributed by atoms with Crippen LogP contribution in [0.5, 0.6) is 11.5 Å². The first-order valence-corrected chi connectivity index (χ1v) is 21.7. The van der Waals surface area contributed by atoms with Gasteiger partial charge in [0, 0.05) is 33.3 Å². The summed E-state index contributed by atoms with van der Waals surface area (Å²) in [4.78, 5) is 24.6. The molecule has 318 valence electrons. The van der Waals surface area contributed by atoms with E-state index in [1.54, 1.807) is 109 Å². The van der Waals surface area contributed by atoms with Crippen molar-refractivity contribution >= 4 is 87.7 Å². The van der Waals surface area contributed by atoms with Crippen LogP contribution in [0.1, 0.15) is 20.7 Å². The second-order valence-corrected chi connectivity index (χ2v) is 16.7. The predicted molar refractivity (Wildman–Crippen MR) is 236 cm³/mol. The molecule has 0 fully saturated rings. The summed E-state index contributed by atoms with van der Waals surface area (Å²) in [5.74, 6) is -2.40. The van der Waals surface area contributed by atoms with Crippen molar-refractivity contribution in [2.24, 2.45) is 20.5 Å². The van der Waals surface area contributed by atoms with E-state index in [4.69, 9.17) is 0 Å². The van der Waals surface area contributed by atoms with Gasteiger partial charge in [-0.3, -0.25) is 9.59 Å². The van der Waals surface area contributed by atoms with Gasteiger partial charge in [0.05, 0.1) is 32.3 Å². The average molecular weight is 937 g/mol. The Morgan fingerprint density at radius 1 is 0.455 bits per heavy atom. The van der Waals surface area contributed by atoms with Crippen LogP contribution in [-0.2, 0) is 20.2 Å². The van der Waals surface area contributed by atoms with Gasteiger partial charge in [-0.2, -0.15) is 10.2 Å². The number of hydrogen-bond donors (Lipinski definition) is 4. The molecule has 8 rings (SSSR count). The number of rotatable bonds is 11. The van der Waals surface area contributed by atoms with Crippen molar-refractivity contribution in [2.75, 3.05) is 10.6 Å². The first-order chi connectivity index (χ1) is 30.7. The first-order valence-electron chi connectivity index (χ1n) is 18.9. The Kier molecular flexibility index (Phi) is 15.4. The van der Waals surface area contributed by atoms with Crippen LogP contribution in [0.15, 0.2) is 188 Å². The van der Waals surface area contributed by atoms with E-state index in [0.29, 0.717) is 32.9 Å². The molecule has 0 bridgehead atoms.